The molecule has 0 saturated carbocycles. The van der Waals surface area contributed by atoms with E-state index in [9.17, 15) is 18.0 Å². The average molecular weight is 420 g/mol. The van der Waals surface area contributed by atoms with Gasteiger partial charge in [-0.2, -0.15) is 13.2 Å². The van der Waals surface area contributed by atoms with Gasteiger partial charge in [-0.25, -0.2) is 0 Å². The first-order chi connectivity index (χ1) is 12.6. The number of aromatic nitrogens is 1. The minimum Gasteiger partial charge on any atom is -0.399 e. The van der Waals surface area contributed by atoms with E-state index in [1.807, 2.05) is 0 Å². The van der Waals surface area contributed by atoms with E-state index >= 15 is 0 Å². The number of carbonyl (C=O) groups is 1. The van der Waals surface area contributed by atoms with Gasteiger partial charge < -0.3 is 10.2 Å². The summed E-state index contributed by atoms with van der Waals surface area (Å²) in [5, 5.41) is 6.68. The second-order valence-electron chi connectivity index (χ2n) is 5.38. The van der Waals surface area contributed by atoms with Crippen LogP contribution in [-0.4, -0.2) is 29.8 Å². The van der Waals surface area contributed by atoms with Crippen molar-refractivity contribution in [3.63, 3.8) is 0 Å². The zero-order valence-corrected chi connectivity index (χ0v) is 15.7. The van der Waals surface area contributed by atoms with Gasteiger partial charge in [0.1, 0.15) is 18.5 Å². The maximum absolute atomic E-state index is 13.1. The molecule has 1 unspecified atom stereocenters. The Labute approximate surface area is 163 Å². The molecule has 0 aliphatic heterocycles. The lowest BCUT2D eigenvalue weighted by Gasteiger charge is -2.18. The van der Waals surface area contributed by atoms with Crippen LogP contribution in [0.1, 0.15) is 28.5 Å². The number of nitrogens with zero attached hydrogens (tertiary/aromatic N) is 2. The van der Waals surface area contributed by atoms with Crippen LogP contribution in [-0.2, 0) is 11.0 Å². The molecule has 0 bridgehead atoms. The van der Waals surface area contributed by atoms with Crippen molar-refractivity contribution in [3.05, 3.63) is 63.4 Å². The highest BCUT2D eigenvalue weighted by Crippen LogP contribution is 2.31. The Morgan fingerprint density at radius 3 is 2.56 bits per heavy atom. The fourth-order valence-corrected chi connectivity index (χ4v) is 2.78. The number of alkyl halides is 3. The van der Waals surface area contributed by atoms with E-state index in [-0.39, 0.29) is 21.5 Å². The largest absolute Gasteiger partial charge is 0.417 e. The average Bonchev–Trinajstić information content (AvgIpc) is 2.59. The van der Waals surface area contributed by atoms with Crippen molar-refractivity contribution in [1.82, 2.24) is 10.3 Å². The van der Waals surface area contributed by atoms with Gasteiger partial charge in [-0.15, -0.1) is 0 Å². The summed E-state index contributed by atoms with van der Waals surface area (Å²) >= 11 is 11.9. The fourth-order valence-electron chi connectivity index (χ4n) is 2.30. The van der Waals surface area contributed by atoms with Gasteiger partial charge in [0.15, 0.2) is 0 Å². The maximum atomic E-state index is 13.1. The minimum absolute atomic E-state index is 0.122. The van der Waals surface area contributed by atoms with Crippen LogP contribution in [0.15, 0.2) is 41.7 Å². The van der Waals surface area contributed by atoms with Crippen molar-refractivity contribution in [2.45, 2.75) is 19.1 Å². The summed E-state index contributed by atoms with van der Waals surface area (Å²) in [6, 6.07) is 5.04. The summed E-state index contributed by atoms with van der Waals surface area (Å²) < 4.78 is 39.4. The number of halogens is 5. The number of pyridine rings is 1. The first-order valence-electron chi connectivity index (χ1n) is 7.54. The molecule has 1 atom stereocenters. The molecule has 0 saturated heterocycles. The molecule has 0 aliphatic carbocycles. The molecule has 1 aromatic carbocycles. The SMILES string of the molecule is CON=C(c1ncc(Cl)cc1Cl)C(C)NC(=O)c1ccccc1C(F)(F)F. The molecule has 1 aromatic heterocycles. The molecule has 0 radical (unpaired) electrons. The summed E-state index contributed by atoms with van der Waals surface area (Å²) in [4.78, 5) is 21.2. The van der Waals surface area contributed by atoms with E-state index in [4.69, 9.17) is 28.0 Å². The smallest absolute Gasteiger partial charge is 0.399 e. The van der Waals surface area contributed by atoms with E-state index in [2.05, 4.69) is 15.5 Å². The van der Waals surface area contributed by atoms with Crippen LogP contribution >= 0.6 is 23.2 Å². The van der Waals surface area contributed by atoms with Crippen LogP contribution in [0.2, 0.25) is 10.0 Å². The predicted octanol–water partition coefficient (Wildman–Crippen LogP) is 4.58. The Bertz CT molecular complexity index is 873. The maximum Gasteiger partial charge on any atom is 0.417 e. The van der Waals surface area contributed by atoms with Crippen molar-refractivity contribution in [1.29, 1.82) is 0 Å². The molecule has 0 spiro atoms. The van der Waals surface area contributed by atoms with E-state index in [1.54, 1.807) is 0 Å². The van der Waals surface area contributed by atoms with Gasteiger partial charge in [0.2, 0.25) is 0 Å². The summed E-state index contributed by atoms with van der Waals surface area (Å²) in [5.74, 6) is -0.927. The van der Waals surface area contributed by atoms with E-state index in [1.165, 1.54) is 38.4 Å². The number of amides is 1. The molecule has 2 aromatic rings. The van der Waals surface area contributed by atoms with Crippen molar-refractivity contribution in [2.24, 2.45) is 5.16 Å². The molecular weight excluding hydrogens is 406 g/mol. The summed E-state index contributed by atoms with van der Waals surface area (Å²) in [6.45, 7) is 1.51. The number of hydrogen-bond donors (Lipinski definition) is 1. The second kappa shape index (κ2) is 8.58. The highest BCUT2D eigenvalue weighted by atomic mass is 35.5. The highest BCUT2D eigenvalue weighted by Gasteiger charge is 2.35. The molecule has 0 aliphatic rings. The molecular formula is C17H14Cl2F3N3O2. The quantitative estimate of drug-likeness (QED) is 0.569. The summed E-state index contributed by atoms with van der Waals surface area (Å²) in [6.07, 6.45) is -3.34. The number of rotatable bonds is 5. The van der Waals surface area contributed by atoms with Gasteiger partial charge in [0.05, 0.1) is 27.2 Å². The molecule has 27 heavy (non-hydrogen) atoms. The molecule has 0 fully saturated rings. The zero-order valence-electron chi connectivity index (χ0n) is 14.1. The monoisotopic (exact) mass is 419 g/mol. The number of oxime groups is 1. The van der Waals surface area contributed by atoms with Gasteiger partial charge in [0.25, 0.3) is 5.91 Å². The Morgan fingerprint density at radius 1 is 1.30 bits per heavy atom. The van der Waals surface area contributed by atoms with Crippen LogP contribution in [0.25, 0.3) is 0 Å². The molecule has 1 amide bonds. The number of hydrogen-bond acceptors (Lipinski definition) is 4. The molecule has 144 valence electrons. The molecule has 1 N–H and O–H groups in total. The third-order valence-corrected chi connectivity index (χ3v) is 3.97. The molecule has 5 nitrogen and oxygen atoms in total. The molecule has 1 heterocycles. The predicted molar refractivity (Wildman–Crippen MR) is 96.2 cm³/mol. The number of nitrogens with one attached hydrogen (secondary N) is 1. The lowest BCUT2D eigenvalue weighted by molar-refractivity contribution is -0.137. The fraction of sp³-hybridized carbons (Fsp3) is 0.235. The standard InChI is InChI=1S/C17H14Cl2F3N3O2/c1-9(14(25-27-2)15-13(19)7-10(18)8-23-15)24-16(26)11-5-3-4-6-12(11)17(20,21)22/h3-9H,1-2H3,(H,24,26). The second-order valence-corrected chi connectivity index (χ2v) is 6.23. The zero-order chi connectivity index (χ0) is 20.2. The first kappa shape index (κ1) is 21.0. The van der Waals surface area contributed by atoms with Crippen LogP contribution in [0, 0.1) is 0 Å². The van der Waals surface area contributed by atoms with E-state index in [0.717, 1.165) is 12.1 Å². The van der Waals surface area contributed by atoms with Crippen molar-refractivity contribution in [2.75, 3.05) is 7.11 Å². The van der Waals surface area contributed by atoms with Crippen molar-refractivity contribution in [3.8, 4) is 0 Å². The van der Waals surface area contributed by atoms with E-state index in [0.29, 0.717) is 0 Å². The van der Waals surface area contributed by atoms with Crippen LogP contribution in [0.5, 0.6) is 0 Å². The van der Waals surface area contributed by atoms with Crippen LogP contribution in [0.4, 0.5) is 13.2 Å². The molecule has 2 rings (SSSR count). The highest BCUT2D eigenvalue weighted by molar-refractivity contribution is 6.36. The number of carbonyl (C=O) groups excluding carboxylic acids is 1. The molecule has 10 heteroatoms. The Kier molecular flexibility index (Phi) is 6.67. The van der Waals surface area contributed by atoms with Crippen LogP contribution < -0.4 is 5.32 Å². The first-order valence-corrected chi connectivity index (χ1v) is 8.30. The van der Waals surface area contributed by atoms with Gasteiger partial charge in [-0.1, -0.05) is 40.5 Å². The van der Waals surface area contributed by atoms with Crippen molar-refractivity contribution >= 4 is 34.8 Å². The van der Waals surface area contributed by atoms with Gasteiger partial charge >= 0.3 is 6.18 Å². The lowest BCUT2D eigenvalue weighted by atomic mass is 10.0. The Balaban J connectivity index is 2.33. The minimum atomic E-state index is -4.67. The number of benzene rings is 1. The Morgan fingerprint density at radius 2 is 1.96 bits per heavy atom. The lowest BCUT2D eigenvalue weighted by Crippen LogP contribution is -2.40. The van der Waals surface area contributed by atoms with E-state index < -0.39 is 29.3 Å². The van der Waals surface area contributed by atoms with Gasteiger partial charge in [-0.3, -0.25) is 9.78 Å². The third-order valence-electron chi connectivity index (χ3n) is 3.47. The third kappa shape index (κ3) is 5.11. The van der Waals surface area contributed by atoms with Crippen molar-refractivity contribution < 1.29 is 22.8 Å². The topological polar surface area (TPSA) is 63.6 Å². The van der Waals surface area contributed by atoms with Gasteiger partial charge in [0, 0.05) is 6.20 Å². The van der Waals surface area contributed by atoms with Crippen LogP contribution in [0.3, 0.4) is 0 Å². The Hall–Kier alpha value is -2.32. The normalized spacial score (nSPS) is 13.2. The van der Waals surface area contributed by atoms with Gasteiger partial charge in [-0.05, 0) is 25.1 Å². The summed E-state index contributed by atoms with van der Waals surface area (Å²) in [7, 11) is 1.28. The summed E-state index contributed by atoms with van der Waals surface area (Å²) in [5.41, 5.74) is -1.25.